The molecule has 0 heterocycles. The van der Waals surface area contributed by atoms with E-state index in [2.05, 4.69) is 12.2 Å². The van der Waals surface area contributed by atoms with E-state index in [4.69, 9.17) is 5.73 Å². The number of nitrogens with one attached hydrogen (secondary N) is 1. The van der Waals surface area contributed by atoms with Gasteiger partial charge in [0.25, 0.3) is 0 Å². The smallest absolute Gasteiger partial charge is 0.223 e. The highest BCUT2D eigenvalue weighted by Crippen LogP contribution is 2.30. The summed E-state index contributed by atoms with van der Waals surface area (Å²) in [5.74, 6) is 1.99. The maximum Gasteiger partial charge on any atom is 0.223 e. The summed E-state index contributed by atoms with van der Waals surface area (Å²) in [6.45, 7) is 3.02. The predicted octanol–water partition coefficient (Wildman–Crippen LogP) is 2.84. The molecule has 110 valence electrons. The van der Waals surface area contributed by atoms with E-state index in [1.165, 1.54) is 44.9 Å². The molecule has 1 amide bonds. The van der Waals surface area contributed by atoms with E-state index >= 15 is 0 Å². The van der Waals surface area contributed by atoms with Crippen molar-refractivity contribution in [1.29, 1.82) is 0 Å². The fourth-order valence-electron chi connectivity index (χ4n) is 3.78. The van der Waals surface area contributed by atoms with Crippen LogP contribution in [-0.4, -0.2) is 18.5 Å². The van der Waals surface area contributed by atoms with Gasteiger partial charge in [0.1, 0.15) is 0 Å². The van der Waals surface area contributed by atoms with Crippen molar-refractivity contribution in [3.63, 3.8) is 0 Å². The molecular formula is C16H30N2O. The summed E-state index contributed by atoms with van der Waals surface area (Å²) >= 11 is 0. The molecule has 2 unspecified atom stereocenters. The Morgan fingerprint density at radius 2 is 1.84 bits per heavy atom. The molecule has 0 bridgehead atoms. The van der Waals surface area contributed by atoms with Crippen molar-refractivity contribution < 1.29 is 4.79 Å². The van der Waals surface area contributed by atoms with Gasteiger partial charge in [0.15, 0.2) is 0 Å². The van der Waals surface area contributed by atoms with Crippen LogP contribution in [0.2, 0.25) is 0 Å². The number of hydrogen-bond acceptors (Lipinski definition) is 2. The molecule has 0 aromatic rings. The molecule has 2 fully saturated rings. The second-order valence-electron chi connectivity index (χ2n) is 6.60. The first kappa shape index (κ1) is 14.8. The molecule has 2 rings (SSSR count). The van der Waals surface area contributed by atoms with Crippen LogP contribution in [-0.2, 0) is 4.79 Å². The van der Waals surface area contributed by atoms with Crippen LogP contribution in [0.4, 0.5) is 0 Å². The van der Waals surface area contributed by atoms with Crippen molar-refractivity contribution in [1.82, 2.24) is 5.32 Å². The summed E-state index contributed by atoms with van der Waals surface area (Å²) in [7, 11) is 0. The van der Waals surface area contributed by atoms with Crippen LogP contribution in [0.3, 0.4) is 0 Å². The van der Waals surface area contributed by atoms with Crippen molar-refractivity contribution in [2.75, 3.05) is 6.54 Å². The first-order valence-corrected chi connectivity index (χ1v) is 8.23. The molecule has 0 radical (unpaired) electrons. The highest BCUT2D eigenvalue weighted by atomic mass is 16.1. The summed E-state index contributed by atoms with van der Waals surface area (Å²) in [6.07, 6.45) is 10.7. The van der Waals surface area contributed by atoms with Crippen molar-refractivity contribution in [3.8, 4) is 0 Å². The molecule has 2 aliphatic rings. The van der Waals surface area contributed by atoms with Crippen LogP contribution >= 0.6 is 0 Å². The van der Waals surface area contributed by atoms with Crippen LogP contribution in [0.5, 0.6) is 0 Å². The van der Waals surface area contributed by atoms with Gasteiger partial charge in [0.2, 0.25) is 5.91 Å². The number of hydrogen-bond donors (Lipinski definition) is 2. The average molecular weight is 266 g/mol. The van der Waals surface area contributed by atoms with Gasteiger partial charge in [-0.3, -0.25) is 4.79 Å². The quantitative estimate of drug-likeness (QED) is 0.822. The summed E-state index contributed by atoms with van der Waals surface area (Å²) < 4.78 is 0. The highest BCUT2D eigenvalue weighted by Gasteiger charge is 2.29. The molecule has 19 heavy (non-hydrogen) atoms. The third-order valence-corrected chi connectivity index (χ3v) is 5.26. The van der Waals surface area contributed by atoms with Gasteiger partial charge in [0, 0.05) is 12.0 Å². The molecule has 0 aromatic heterocycles. The number of nitrogens with two attached hydrogens (primary N) is 1. The average Bonchev–Trinajstić information content (AvgIpc) is 2.48. The van der Waals surface area contributed by atoms with Crippen LogP contribution < -0.4 is 11.1 Å². The molecule has 3 heteroatoms. The molecule has 0 aromatic carbocycles. The first-order chi connectivity index (χ1) is 9.22. The van der Waals surface area contributed by atoms with Gasteiger partial charge in [-0.2, -0.15) is 0 Å². The van der Waals surface area contributed by atoms with E-state index in [1.807, 2.05) is 0 Å². The minimum atomic E-state index is 0.228. The van der Waals surface area contributed by atoms with E-state index in [-0.39, 0.29) is 5.92 Å². The summed E-state index contributed by atoms with van der Waals surface area (Å²) in [4.78, 5) is 12.3. The zero-order valence-electron chi connectivity index (χ0n) is 12.4. The lowest BCUT2D eigenvalue weighted by Crippen LogP contribution is -2.42. The zero-order chi connectivity index (χ0) is 13.7. The van der Waals surface area contributed by atoms with Gasteiger partial charge in [0.05, 0.1) is 0 Å². The normalized spacial score (nSPS) is 35.9. The minimum absolute atomic E-state index is 0.228. The van der Waals surface area contributed by atoms with E-state index in [0.717, 1.165) is 25.3 Å². The monoisotopic (exact) mass is 266 g/mol. The molecule has 2 saturated carbocycles. The molecular weight excluding hydrogens is 236 g/mol. The number of carbonyl (C=O) groups is 1. The molecule has 2 aliphatic carbocycles. The molecule has 0 aliphatic heterocycles. The van der Waals surface area contributed by atoms with E-state index in [1.54, 1.807) is 0 Å². The Labute approximate surface area is 117 Å². The van der Waals surface area contributed by atoms with Gasteiger partial charge in [-0.25, -0.2) is 0 Å². The van der Waals surface area contributed by atoms with Crippen LogP contribution in [0, 0.1) is 17.8 Å². The first-order valence-electron chi connectivity index (χ1n) is 8.23. The molecule has 0 saturated heterocycles. The SMILES string of the molecule is CCC1CCC(NC(=O)C2CCCC(CN)C2)CC1. The largest absolute Gasteiger partial charge is 0.353 e. The van der Waals surface area contributed by atoms with Crippen molar-refractivity contribution in [2.24, 2.45) is 23.5 Å². The number of carbonyl (C=O) groups excluding carboxylic acids is 1. The summed E-state index contributed by atoms with van der Waals surface area (Å²) in [5.41, 5.74) is 5.75. The fourth-order valence-corrected chi connectivity index (χ4v) is 3.78. The lowest BCUT2D eigenvalue weighted by molar-refractivity contribution is -0.127. The second-order valence-corrected chi connectivity index (χ2v) is 6.60. The molecule has 3 N–H and O–H groups in total. The topological polar surface area (TPSA) is 55.1 Å². The standard InChI is InChI=1S/C16H30N2O/c1-2-12-6-8-15(9-7-12)18-16(19)14-5-3-4-13(10-14)11-17/h12-15H,2-11,17H2,1H3,(H,18,19). The van der Waals surface area contributed by atoms with Gasteiger partial charge in [-0.15, -0.1) is 0 Å². The zero-order valence-corrected chi connectivity index (χ0v) is 12.4. The van der Waals surface area contributed by atoms with Gasteiger partial charge in [-0.05, 0) is 63.3 Å². The van der Waals surface area contributed by atoms with Crippen molar-refractivity contribution in [3.05, 3.63) is 0 Å². The number of rotatable bonds is 4. The summed E-state index contributed by atoms with van der Waals surface area (Å²) in [5, 5.41) is 3.30. The van der Waals surface area contributed by atoms with E-state index < -0.39 is 0 Å². The Morgan fingerprint density at radius 1 is 1.11 bits per heavy atom. The second kappa shape index (κ2) is 7.28. The molecule has 0 spiro atoms. The Bertz CT molecular complexity index is 284. The minimum Gasteiger partial charge on any atom is -0.353 e. The molecule has 3 nitrogen and oxygen atoms in total. The maximum atomic E-state index is 12.3. The third-order valence-electron chi connectivity index (χ3n) is 5.26. The highest BCUT2D eigenvalue weighted by molar-refractivity contribution is 5.79. The molecule has 2 atom stereocenters. The van der Waals surface area contributed by atoms with Gasteiger partial charge in [-0.1, -0.05) is 19.8 Å². The maximum absolute atomic E-state index is 12.3. The van der Waals surface area contributed by atoms with E-state index in [0.29, 0.717) is 17.9 Å². The van der Waals surface area contributed by atoms with Crippen molar-refractivity contribution >= 4 is 5.91 Å². The summed E-state index contributed by atoms with van der Waals surface area (Å²) in [6, 6.07) is 0.438. The Morgan fingerprint density at radius 3 is 2.47 bits per heavy atom. The van der Waals surface area contributed by atoms with Gasteiger partial charge >= 0.3 is 0 Å². The third kappa shape index (κ3) is 4.20. The van der Waals surface area contributed by atoms with Crippen molar-refractivity contribution in [2.45, 2.75) is 70.8 Å². The van der Waals surface area contributed by atoms with E-state index in [9.17, 15) is 4.79 Å². The lowest BCUT2D eigenvalue weighted by atomic mass is 9.80. The van der Waals surface area contributed by atoms with Crippen LogP contribution in [0.15, 0.2) is 0 Å². The number of amides is 1. The Hall–Kier alpha value is -0.570. The van der Waals surface area contributed by atoms with Gasteiger partial charge < -0.3 is 11.1 Å². The fraction of sp³-hybridized carbons (Fsp3) is 0.938. The van der Waals surface area contributed by atoms with Crippen LogP contribution in [0.25, 0.3) is 0 Å². The van der Waals surface area contributed by atoms with Crippen LogP contribution in [0.1, 0.15) is 64.7 Å². The predicted molar refractivity (Wildman–Crippen MR) is 78.7 cm³/mol. The Kier molecular flexibility index (Phi) is 5.68. The lowest BCUT2D eigenvalue weighted by Gasteiger charge is -2.32. The Balaban J connectivity index is 1.75.